The van der Waals surface area contributed by atoms with Gasteiger partial charge >= 0.3 is 6.09 Å². The molecule has 2 aliphatic rings. The lowest BCUT2D eigenvalue weighted by atomic mass is 10.2. The van der Waals surface area contributed by atoms with Gasteiger partial charge in [-0.15, -0.1) is 0 Å². The third-order valence-corrected chi connectivity index (χ3v) is 3.71. The van der Waals surface area contributed by atoms with Gasteiger partial charge in [-0.3, -0.25) is 9.69 Å². The summed E-state index contributed by atoms with van der Waals surface area (Å²) in [5, 5.41) is 5.99. The molecule has 22 heavy (non-hydrogen) atoms. The number of rotatable bonds is 4. The van der Waals surface area contributed by atoms with Crippen molar-refractivity contribution in [3.63, 3.8) is 0 Å². The van der Waals surface area contributed by atoms with Gasteiger partial charge in [0, 0.05) is 18.8 Å². The number of ether oxygens (including phenoxy) is 2. The van der Waals surface area contributed by atoms with Crippen LogP contribution in [0.3, 0.4) is 0 Å². The van der Waals surface area contributed by atoms with Gasteiger partial charge in [-0.05, 0) is 17.7 Å². The molecule has 0 bridgehead atoms. The van der Waals surface area contributed by atoms with E-state index in [0.29, 0.717) is 39.5 Å². The van der Waals surface area contributed by atoms with Crippen LogP contribution in [0.1, 0.15) is 5.56 Å². The highest BCUT2D eigenvalue weighted by atomic mass is 16.6. The molecule has 2 N–H and O–H groups in total. The quantitative estimate of drug-likeness (QED) is 0.833. The molecular formula is C15H19N3O4. The molecule has 1 atom stereocenters. The lowest BCUT2D eigenvalue weighted by Gasteiger charge is -2.22. The number of hydrogen-bond donors (Lipinski definition) is 2. The number of amides is 2. The molecule has 2 fully saturated rings. The van der Waals surface area contributed by atoms with Crippen LogP contribution in [0.4, 0.5) is 10.5 Å². The van der Waals surface area contributed by atoms with Gasteiger partial charge in [0.2, 0.25) is 5.91 Å². The number of anilines is 1. The van der Waals surface area contributed by atoms with Crippen LogP contribution in [0.2, 0.25) is 0 Å². The fourth-order valence-corrected chi connectivity index (χ4v) is 2.47. The van der Waals surface area contributed by atoms with E-state index in [1.54, 1.807) is 4.90 Å². The second-order valence-corrected chi connectivity index (χ2v) is 5.23. The Hall–Kier alpha value is -2.12. The van der Waals surface area contributed by atoms with E-state index in [2.05, 4.69) is 10.6 Å². The van der Waals surface area contributed by atoms with E-state index in [-0.39, 0.29) is 18.0 Å². The summed E-state index contributed by atoms with van der Waals surface area (Å²) in [6.45, 7) is 3.18. The molecule has 2 aliphatic heterocycles. The van der Waals surface area contributed by atoms with Crippen molar-refractivity contribution < 1.29 is 19.1 Å². The Morgan fingerprint density at radius 1 is 1.32 bits per heavy atom. The minimum absolute atomic E-state index is 0.0631. The van der Waals surface area contributed by atoms with E-state index in [1.807, 2.05) is 24.3 Å². The summed E-state index contributed by atoms with van der Waals surface area (Å²) < 4.78 is 10.2. The first kappa shape index (κ1) is 14.8. The Morgan fingerprint density at radius 2 is 2.14 bits per heavy atom. The van der Waals surface area contributed by atoms with E-state index in [9.17, 15) is 9.59 Å². The van der Waals surface area contributed by atoms with Gasteiger partial charge in [0.1, 0.15) is 12.6 Å². The van der Waals surface area contributed by atoms with E-state index in [4.69, 9.17) is 9.47 Å². The number of carbonyl (C=O) groups is 2. The standard InChI is InChI=1S/C15H19N3O4/c19-14(13-10-21-7-5-16-13)17-9-11-1-3-12(4-2-11)18-6-8-22-15(18)20/h1-4,13,16H,5-10H2,(H,17,19)/t13-/m1/s1. The summed E-state index contributed by atoms with van der Waals surface area (Å²) in [7, 11) is 0. The van der Waals surface area contributed by atoms with Gasteiger partial charge in [-0.25, -0.2) is 4.79 Å². The van der Waals surface area contributed by atoms with E-state index in [1.165, 1.54) is 0 Å². The van der Waals surface area contributed by atoms with Crippen LogP contribution in [-0.4, -0.2) is 51.0 Å². The van der Waals surface area contributed by atoms with Gasteiger partial charge in [0.15, 0.2) is 0 Å². The molecule has 118 valence electrons. The second-order valence-electron chi connectivity index (χ2n) is 5.23. The molecule has 7 heteroatoms. The minimum atomic E-state index is -0.315. The summed E-state index contributed by atoms with van der Waals surface area (Å²) in [5.74, 6) is -0.0631. The van der Waals surface area contributed by atoms with Crippen molar-refractivity contribution in [2.75, 3.05) is 37.8 Å². The summed E-state index contributed by atoms with van der Waals surface area (Å²) >= 11 is 0. The molecule has 0 unspecified atom stereocenters. The van der Waals surface area contributed by atoms with Crippen molar-refractivity contribution in [1.82, 2.24) is 10.6 Å². The second kappa shape index (κ2) is 6.76. The smallest absolute Gasteiger partial charge is 0.414 e. The Bertz CT molecular complexity index is 540. The zero-order chi connectivity index (χ0) is 15.4. The van der Waals surface area contributed by atoms with Crippen molar-refractivity contribution in [3.8, 4) is 0 Å². The third kappa shape index (κ3) is 3.37. The summed E-state index contributed by atoms with van der Waals surface area (Å²) in [5.41, 5.74) is 1.78. The molecule has 1 aromatic carbocycles. The van der Waals surface area contributed by atoms with Crippen LogP contribution in [0.25, 0.3) is 0 Å². The number of morpholine rings is 1. The number of benzene rings is 1. The SMILES string of the molecule is O=C(NCc1ccc(N2CCOC2=O)cc1)[C@H]1COCCN1. The highest BCUT2D eigenvalue weighted by Gasteiger charge is 2.23. The molecule has 1 aromatic rings. The van der Waals surface area contributed by atoms with Crippen molar-refractivity contribution in [1.29, 1.82) is 0 Å². The van der Waals surface area contributed by atoms with Crippen molar-refractivity contribution in [2.24, 2.45) is 0 Å². The molecule has 2 amide bonds. The largest absolute Gasteiger partial charge is 0.447 e. The van der Waals surface area contributed by atoms with Gasteiger partial charge < -0.3 is 20.1 Å². The fraction of sp³-hybridized carbons (Fsp3) is 0.467. The van der Waals surface area contributed by atoms with Crippen LogP contribution < -0.4 is 15.5 Å². The molecule has 0 radical (unpaired) electrons. The Labute approximate surface area is 128 Å². The molecule has 3 rings (SSSR count). The molecule has 2 heterocycles. The van der Waals surface area contributed by atoms with Gasteiger partial charge in [-0.1, -0.05) is 12.1 Å². The fourth-order valence-electron chi connectivity index (χ4n) is 2.47. The number of carbonyl (C=O) groups excluding carboxylic acids is 2. The van der Waals surface area contributed by atoms with Crippen LogP contribution in [0.5, 0.6) is 0 Å². The molecular weight excluding hydrogens is 286 g/mol. The average Bonchev–Trinajstić information content (AvgIpc) is 3.00. The molecule has 0 spiro atoms. The van der Waals surface area contributed by atoms with E-state index >= 15 is 0 Å². The highest BCUT2D eigenvalue weighted by Crippen LogP contribution is 2.19. The highest BCUT2D eigenvalue weighted by molar-refractivity contribution is 5.89. The first-order valence-electron chi connectivity index (χ1n) is 7.36. The predicted molar refractivity (Wildman–Crippen MR) is 79.6 cm³/mol. The Morgan fingerprint density at radius 3 is 2.77 bits per heavy atom. The Balaban J connectivity index is 1.52. The molecule has 0 aromatic heterocycles. The normalized spacial score (nSPS) is 21.5. The number of nitrogens with one attached hydrogen (secondary N) is 2. The first-order chi connectivity index (χ1) is 10.7. The molecule has 0 aliphatic carbocycles. The average molecular weight is 305 g/mol. The van der Waals surface area contributed by atoms with Gasteiger partial charge in [-0.2, -0.15) is 0 Å². The van der Waals surface area contributed by atoms with Crippen LogP contribution in [0, 0.1) is 0 Å². The predicted octanol–water partition coefficient (Wildman–Crippen LogP) is 0.248. The van der Waals surface area contributed by atoms with E-state index < -0.39 is 0 Å². The van der Waals surface area contributed by atoms with Crippen molar-refractivity contribution >= 4 is 17.7 Å². The third-order valence-electron chi connectivity index (χ3n) is 3.71. The van der Waals surface area contributed by atoms with Gasteiger partial charge in [0.25, 0.3) is 0 Å². The lowest BCUT2D eigenvalue weighted by Crippen LogP contribution is -2.51. The maximum atomic E-state index is 12.0. The monoisotopic (exact) mass is 305 g/mol. The van der Waals surface area contributed by atoms with Crippen LogP contribution >= 0.6 is 0 Å². The topological polar surface area (TPSA) is 79.9 Å². The van der Waals surface area contributed by atoms with E-state index in [0.717, 1.165) is 11.3 Å². The molecule has 7 nitrogen and oxygen atoms in total. The minimum Gasteiger partial charge on any atom is -0.447 e. The summed E-state index contributed by atoms with van der Waals surface area (Å²) in [6.07, 6.45) is -0.315. The number of cyclic esters (lactones) is 1. The Kier molecular flexibility index (Phi) is 4.55. The molecule has 2 saturated heterocycles. The summed E-state index contributed by atoms with van der Waals surface area (Å²) in [4.78, 5) is 25.0. The van der Waals surface area contributed by atoms with Crippen molar-refractivity contribution in [3.05, 3.63) is 29.8 Å². The van der Waals surface area contributed by atoms with Crippen molar-refractivity contribution in [2.45, 2.75) is 12.6 Å². The summed E-state index contributed by atoms with van der Waals surface area (Å²) in [6, 6.07) is 7.22. The van der Waals surface area contributed by atoms with Gasteiger partial charge in [0.05, 0.1) is 19.8 Å². The maximum absolute atomic E-state index is 12.0. The maximum Gasteiger partial charge on any atom is 0.414 e. The lowest BCUT2D eigenvalue weighted by molar-refractivity contribution is -0.126. The number of nitrogens with zero attached hydrogens (tertiary/aromatic N) is 1. The zero-order valence-corrected chi connectivity index (χ0v) is 12.2. The molecule has 0 saturated carbocycles. The zero-order valence-electron chi connectivity index (χ0n) is 12.2. The first-order valence-corrected chi connectivity index (χ1v) is 7.36. The van der Waals surface area contributed by atoms with Crippen LogP contribution in [-0.2, 0) is 20.8 Å². The van der Waals surface area contributed by atoms with Crippen LogP contribution in [0.15, 0.2) is 24.3 Å². The number of hydrogen-bond acceptors (Lipinski definition) is 5.